The lowest BCUT2D eigenvalue weighted by molar-refractivity contribution is 1.10. The average Bonchev–Trinajstić information content (AvgIpc) is 2.46. The minimum atomic E-state index is 0.640. The van der Waals surface area contributed by atoms with E-state index in [0.29, 0.717) is 5.95 Å². The SMILES string of the molecule is CNc1nc(C)cc(-c2ccc3ncccc3c2)n1. The summed E-state index contributed by atoms with van der Waals surface area (Å²) >= 11 is 0. The predicted molar refractivity (Wildman–Crippen MR) is 77.1 cm³/mol. The van der Waals surface area contributed by atoms with Crippen LogP contribution in [0.15, 0.2) is 42.6 Å². The van der Waals surface area contributed by atoms with E-state index in [-0.39, 0.29) is 0 Å². The van der Waals surface area contributed by atoms with E-state index in [9.17, 15) is 0 Å². The van der Waals surface area contributed by atoms with Crippen molar-refractivity contribution in [2.45, 2.75) is 6.92 Å². The van der Waals surface area contributed by atoms with Gasteiger partial charge in [-0.25, -0.2) is 9.97 Å². The summed E-state index contributed by atoms with van der Waals surface area (Å²) in [7, 11) is 1.82. The molecule has 94 valence electrons. The third-order valence-corrected chi connectivity index (χ3v) is 2.98. The number of nitrogens with one attached hydrogen (secondary N) is 1. The van der Waals surface area contributed by atoms with Crippen LogP contribution in [-0.4, -0.2) is 22.0 Å². The van der Waals surface area contributed by atoms with Crippen molar-refractivity contribution in [3.63, 3.8) is 0 Å². The van der Waals surface area contributed by atoms with Crippen LogP contribution in [0.4, 0.5) is 5.95 Å². The Morgan fingerprint density at radius 2 is 1.95 bits per heavy atom. The summed E-state index contributed by atoms with van der Waals surface area (Å²) in [4.78, 5) is 13.1. The van der Waals surface area contributed by atoms with E-state index in [1.807, 2.05) is 38.2 Å². The third-order valence-electron chi connectivity index (χ3n) is 2.98. The van der Waals surface area contributed by atoms with Crippen molar-refractivity contribution in [3.05, 3.63) is 48.3 Å². The maximum atomic E-state index is 4.49. The minimum Gasteiger partial charge on any atom is -0.357 e. The van der Waals surface area contributed by atoms with Gasteiger partial charge >= 0.3 is 0 Å². The molecule has 0 amide bonds. The van der Waals surface area contributed by atoms with Gasteiger partial charge in [0.05, 0.1) is 11.2 Å². The highest BCUT2D eigenvalue weighted by Crippen LogP contribution is 2.23. The van der Waals surface area contributed by atoms with E-state index < -0.39 is 0 Å². The van der Waals surface area contributed by atoms with Crippen molar-refractivity contribution in [1.82, 2.24) is 15.0 Å². The highest BCUT2D eigenvalue weighted by molar-refractivity contribution is 5.83. The van der Waals surface area contributed by atoms with E-state index in [2.05, 4.69) is 32.4 Å². The number of fused-ring (bicyclic) bond motifs is 1. The molecule has 3 rings (SSSR count). The summed E-state index contributed by atoms with van der Waals surface area (Å²) in [6, 6.07) is 12.1. The van der Waals surface area contributed by atoms with Crippen molar-refractivity contribution in [2.24, 2.45) is 0 Å². The molecule has 0 atom stereocenters. The first kappa shape index (κ1) is 11.6. The molecule has 0 aliphatic heterocycles. The smallest absolute Gasteiger partial charge is 0.223 e. The van der Waals surface area contributed by atoms with E-state index in [1.54, 1.807) is 6.20 Å². The molecular weight excluding hydrogens is 236 g/mol. The molecule has 3 aromatic rings. The molecule has 0 spiro atoms. The monoisotopic (exact) mass is 250 g/mol. The lowest BCUT2D eigenvalue weighted by Crippen LogP contribution is -1.99. The van der Waals surface area contributed by atoms with Gasteiger partial charge in [0.2, 0.25) is 5.95 Å². The molecule has 0 aliphatic rings. The van der Waals surface area contributed by atoms with Crippen molar-refractivity contribution < 1.29 is 0 Å². The molecule has 4 nitrogen and oxygen atoms in total. The Kier molecular flexibility index (Phi) is 2.83. The predicted octanol–water partition coefficient (Wildman–Crippen LogP) is 3.04. The molecule has 19 heavy (non-hydrogen) atoms. The van der Waals surface area contributed by atoms with Gasteiger partial charge in [-0.1, -0.05) is 12.1 Å². The van der Waals surface area contributed by atoms with Crippen LogP contribution in [0.2, 0.25) is 0 Å². The van der Waals surface area contributed by atoms with Gasteiger partial charge in [-0.3, -0.25) is 4.98 Å². The van der Waals surface area contributed by atoms with Gasteiger partial charge in [-0.2, -0.15) is 0 Å². The molecule has 0 saturated carbocycles. The fourth-order valence-electron chi connectivity index (χ4n) is 2.06. The fraction of sp³-hybridized carbons (Fsp3) is 0.133. The molecule has 0 radical (unpaired) electrons. The Bertz CT molecular complexity index is 737. The summed E-state index contributed by atoms with van der Waals surface area (Å²) in [5.41, 5.74) is 3.93. The zero-order valence-electron chi connectivity index (χ0n) is 10.9. The Morgan fingerprint density at radius 1 is 1.05 bits per heavy atom. The maximum Gasteiger partial charge on any atom is 0.223 e. The molecular formula is C15H14N4. The second-order valence-corrected chi connectivity index (χ2v) is 4.38. The molecule has 0 unspecified atom stereocenters. The summed E-state index contributed by atoms with van der Waals surface area (Å²) in [6.45, 7) is 1.97. The molecule has 1 N–H and O–H groups in total. The zero-order valence-corrected chi connectivity index (χ0v) is 10.9. The van der Waals surface area contributed by atoms with Gasteiger partial charge < -0.3 is 5.32 Å². The van der Waals surface area contributed by atoms with Crippen LogP contribution >= 0.6 is 0 Å². The molecule has 2 aromatic heterocycles. The van der Waals surface area contributed by atoms with Gasteiger partial charge in [0, 0.05) is 29.9 Å². The summed E-state index contributed by atoms with van der Waals surface area (Å²) < 4.78 is 0. The molecule has 0 bridgehead atoms. The van der Waals surface area contributed by atoms with Crippen LogP contribution in [0, 0.1) is 6.92 Å². The molecule has 0 aliphatic carbocycles. The normalized spacial score (nSPS) is 10.6. The van der Waals surface area contributed by atoms with E-state index in [4.69, 9.17) is 0 Å². The topological polar surface area (TPSA) is 50.7 Å². The van der Waals surface area contributed by atoms with Crippen LogP contribution in [-0.2, 0) is 0 Å². The lowest BCUT2D eigenvalue weighted by atomic mass is 10.1. The number of aromatic nitrogens is 3. The Labute approximate surface area is 111 Å². The van der Waals surface area contributed by atoms with E-state index in [1.165, 1.54) is 0 Å². The van der Waals surface area contributed by atoms with Crippen molar-refractivity contribution >= 4 is 16.9 Å². The first-order valence-electron chi connectivity index (χ1n) is 6.15. The van der Waals surface area contributed by atoms with Crippen LogP contribution in [0.3, 0.4) is 0 Å². The van der Waals surface area contributed by atoms with Gasteiger partial charge in [0.1, 0.15) is 0 Å². The van der Waals surface area contributed by atoms with Crippen molar-refractivity contribution in [1.29, 1.82) is 0 Å². The first-order valence-corrected chi connectivity index (χ1v) is 6.15. The van der Waals surface area contributed by atoms with Crippen LogP contribution in [0.25, 0.3) is 22.2 Å². The van der Waals surface area contributed by atoms with Gasteiger partial charge in [0.25, 0.3) is 0 Å². The molecule has 2 heterocycles. The number of rotatable bonds is 2. The number of benzene rings is 1. The number of anilines is 1. The van der Waals surface area contributed by atoms with E-state index >= 15 is 0 Å². The Morgan fingerprint density at radius 3 is 2.79 bits per heavy atom. The number of pyridine rings is 1. The molecule has 0 saturated heterocycles. The van der Waals surface area contributed by atoms with Gasteiger partial charge in [-0.15, -0.1) is 0 Å². The summed E-state index contributed by atoms with van der Waals surface area (Å²) in [5.74, 6) is 0.640. The Hall–Kier alpha value is -2.49. The van der Waals surface area contributed by atoms with Gasteiger partial charge in [0.15, 0.2) is 0 Å². The quantitative estimate of drug-likeness (QED) is 0.759. The lowest BCUT2D eigenvalue weighted by Gasteiger charge is -2.06. The van der Waals surface area contributed by atoms with Gasteiger partial charge in [-0.05, 0) is 31.2 Å². The number of aryl methyl sites for hydroxylation is 1. The second kappa shape index (κ2) is 4.65. The largest absolute Gasteiger partial charge is 0.357 e. The van der Waals surface area contributed by atoms with Crippen molar-refractivity contribution in [2.75, 3.05) is 12.4 Å². The number of hydrogen-bond acceptors (Lipinski definition) is 4. The van der Waals surface area contributed by atoms with Crippen LogP contribution in [0.1, 0.15) is 5.69 Å². The summed E-state index contributed by atoms with van der Waals surface area (Å²) in [5, 5.41) is 4.09. The zero-order chi connectivity index (χ0) is 13.2. The third kappa shape index (κ3) is 2.25. The standard InChI is InChI=1S/C15H14N4/c1-10-8-14(19-15(16-2)18-10)12-5-6-13-11(9-12)4-3-7-17-13/h3-9H,1-2H3,(H,16,18,19). The molecule has 0 fully saturated rings. The number of nitrogens with zero attached hydrogens (tertiary/aromatic N) is 3. The second-order valence-electron chi connectivity index (χ2n) is 4.38. The molecule has 4 heteroatoms. The van der Waals surface area contributed by atoms with Crippen LogP contribution < -0.4 is 5.32 Å². The Balaban J connectivity index is 2.15. The van der Waals surface area contributed by atoms with E-state index in [0.717, 1.165) is 27.9 Å². The highest BCUT2D eigenvalue weighted by Gasteiger charge is 2.05. The number of hydrogen-bond donors (Lipinski definition) is 1. The molecule has 1 aromatic carbocycles. The average molecular weight is 250 g/mol. The maximum absolute atomic E-state index is 4.49. The first-order chi connectivity index (χ1) is 9.26. The van der Waals surface area contributed by atoms with Crippen molar-refractivity contribution in [3.8, 4) is 11.3 Å². The highest BCUT2D eigenvalue weighted by atomic mass is 15.1. The fourth-order valence-corrected chi connectivity index (χ4v) is 2.06. The summed E-state index contributed by atoms with van der Waals surface area (Å²) in [6.07, 6.45) is 1.80. The van der Waals surface area contributed by atoms with Crippen LogP contribution in [0.5, 0.6) is 0 Å². The minimum absolute atomic E-state index is 0.640.